The topological polar surface area (TPSA) is 106 Å². The monoisotopic (exact) mass is 222 g/mol. The molecule has 1 aromatic rings. The molecule has 6 nitrogen and oxygen atoms in total. The first-order valence-electron chi connectivity index (χ1n) is 4.30. The van der Waals surface area contributed by atoms with Gasteiger partial charge >= 0.3 is 5.97 Å². The van der Waals surface area contributed by atoms with Crippen molar-refractivity contribution >= 4 is 11.7 Å². The van der Waals surface area contributed by atoms with Crippen LogP contribution in [0.3, 0.4) is 0 Å². The summed E-state index contributed by atoms with van der Waals surface area (Å²) >= 11 is 0. The molecular formula is C10H10N2O4. The summed E-state index contributed by atoms with van der Waals surface area (Å²) in [6, 6.07) is 4.35. The number of hydrogen-bond donors (Lipinski definition) is 2. The van der Waals surface area contributed by atoms with Gasteiger partial charge in [0.15, 0.2) is 18.1 Å². The fraction of sp³-hybridized carbons (Fsp3) is 0.200. The van der Waals surface area contributed by atoms with Crippen molar-refractivity contribution in [3.05, 3.63) is 17.7 Å². The van der Waals surface area contributed by atoms with Crippen LogP contribution in [-0.2, 0) is 0 Å². The second-order valence-corrected chi connectivity index (χ2v) is 2.84. The summed E-state index contributed by atoms with van der Waals surface area (Å²) in [6.07, 6.45) is 0. The average molecular weight is 222 g/mol. The Morgan fingerprint density at radius 1 is 1.56 bits per heavy atom. The minimum absolute atomic E-state index is 0.0775. The van der Waals surface area contributed by atoms with E-state index in [2.05, 4.69) is 0 Å². The van der Waals surface area contributed by atoms with Crippen LogP contribution >= 0.6 is 0 Å². The molecule has 0 atom stereocenters. The molecule has 1 rings (SSSR count). The predicted octanol–water partition coefficient (Wildman–Crippen LogP) is 0.878. The molecule has 3 N–H and O–H groups in total. The van der Waals surface area contributed by atoms with Gasteiger partial charge in [0.1, 0.15) is 6.07 Å². The molecule has 0 bridgehead atoms. The van der Waals surface area contributed by atoms with E-state index in [-0.39, 0.29) is 29.4 Å². The van der Waals surface area contributed by atoms with Crippen LogP contribution < -0.4 is 15.2 Å². The van der Waals surface area contributed by atoms with Crippen LogP contribution in [-0.4, -0.2) is 24.8 Å². The van der Waals surface area contributed by atoms with Crippen molar-refractivity contribution < 1.29 is 19.4 Å². The number of nitrogens with two attached hydrogens (primary N) is 1. The van der Waals surface area contributed by atoms with Gasteiger partial charge in [-0.15, -0.1) is 0 Å². The number of nitrogen functional groups attached to an aromatic ring is 1. The Hall–Kier alpha value is -2.42. The van der Waals surface area contributed by atoms with Crippen molar-refractivity contribution in [2.45, 2.75) is 0 Å². The van der Waals surface area contributed by atoms with Crippen molar-refractivity contribution in [1.82, 2.24) is 0 Å². The highest BCUT2D eigenvalue weighted by molar-refractivity contribution is 5.94. The van der Waals surface area contributed by atoms with E-state index in [1.54, 1.807) is 6.07 Å². The van der Waals surface area contributed by atoms with Crippen LogP contribution in [0.25, 0.3) is 0 Å². The number of ether oxygens (including phenoxy) is 2. The fourth-order valence-corrected chi connectivity index (χ4v) is 1.14. The van der Waals surface area contributed by atoms with Gasteiger partial charge in [0.2, 0.25) is 0 Å². The molecule has 0 saturated heterocycles. The molecule has 0 saturated carbocycles. The van der Waals surface area contributed by atoms with E-state index < -0.39 is 5.97 Å². The first kappa shape index (κ1) is 11.7. The molecule has 0 fully saturated rings. The number of rotatable bonds is 4. The zero-order valence-corrected chi connectivity index (χ0v) is 8.56. The number of carboxylic acid groups (broad SMARTS) is 1. The largest absolute Gasteiger partial charge is 0.493 e. The number of nitrogens with zero attached hydrogens (tertiary/aromatic N) is 1. The summed E-state index contributed by atoms with van der Waals surface area (Å²) in [5.41, 5.74) is 5.50. The van der Waals surface area contributed by atoms with E-state index in [1.807, 2.05) is 0 Å². The van der Waals surface area contributed by atoms with Crippen LogP contribution in [0.1, 0.15) is 10.4 Å². The van der Waals surface area contributed by atoms with E-state index in [0.717, 1.165) is 0 Å². The van der Waals surface area contributed by atoms with E-state index in [9.17, 15) is 4.79 Å². The average Bonchev–Trinajstić information content (AvgIpc) is 2.26. The van der Waals surface area contributed by atoms with Crippen molar-refractivity contribution in [3.8, 4) is 17.6 Å². The normalized spacial score (nSPS) is 9.25. The molecule has 0 spiro atoms. The minimum Gasteiger partial charge on any atom is -0.493 e. The molecule has 0 aliphatic rings. The van der Waals surface area contributed by atoms with Gasteiger partial charge in [-0.25, -0.2) is 4.79 Å². The second kappa shape index (κ2) is 4.89. The highest BCUT2D eigenvalue weighted by atomic mass is 16.5. The Balaban J connectivity index is 3.18. The maximum Gasteiger partial charge on any atom is 0.337 e. The van der Waals surface area contributed by atoms with Crippen LogP contribution in [0, 0.1) is 11.3 Å². The molecule has 0 aliphatic carbocycles. The molecule has 0 unspecified atom stereocenters. The molecule has 1 aromatic carbocycles. The summed E-state index contributed by atoms with van der Waals surface area (Å²) in [4.78, 5) is 10.8. The van der Waals surface area contributed by atoms with Gasteiger partial charge in [-0.3, -0.25) is 0 Å². The van der Waals surface area contributed by atoms with Crippen molar-refractivity contribution in [1.29, 1.82) is 5.26 Å². The molecule has 6 heteroatoms. The Morgan fingerprint density at radius 2 is 2.25 bits per heavy atom. The Kier molecular flexibility index (Phi) is 3.56. The summed E-state index contributed by atoms with van der Waals surface area (Å²) < 4.78 is 9.97. The Labute approximate surface area is 91.8 Å². The number of benzene rings is 1. The Morgan fingerprint density at radius 3 is 2.75 bits per heavy atom. The summed E-state index contributed by atoms with van der Waals surface area (Å²) in [7, 11) is 1.40. The summed E-state index contributed by atoms with van der Waals surface area (Å²) in [6.45, 7) is -0.195. The van der Waals surface area contributed by atoms with E-state index in [4.69, 9.17) is 25.6 Å². The molecule has 0 radical (unpaired) electrons. The third-order valence-electron chi connectivity index (χ3n) is 1.86. The molecule has 84 valence electrons. The maximum atomic E-state index is 10.8. The number of hydrogen-bond acceptors (Lipinski definition) is 5. The third-order valence-corrected chi connectivity index (χ3v) is 1.86. The summed E-state index contributed by atoms with van der Waals surface area (Å²) in [5.74, 6) is -0.699. The SMILES string of the molecule is COc1cc(N)c(C(=O)O)cc1OCC#N. The van der Waals surface area contributed by atoms with Gasteiger partial charge in [-0.2, -0.15) is 5.26 Å². The van der Waals surface area contributed by atoms with Crippen LogP contribution in [0.5, 0.6) is 11.5 Å². The summed E-state index contributed by atoms with van der Waals surface area (Å²) in [5, 5.41) is 17.2. The van der Waals surface area contributed by atoms with Gasteiger partial charge in [0.05, 0.1) is 18.4 Å². The number of carboxylic acids is 1. The number of carbonyl (C=O) groups is 1. The van der Waals surface area contributed by atoms with Crippen LogP contribution in [0.15, 0.2) is 12.1 Å². The van der Waals surface area contributed by atoms with Crippen molar-refractivity contribution in [3.63, 3.8) is 0 Å². The standard InChI is InChI=1S/C10H10N2O4/c1-15-8-5-7(12)6(10(13)14)4-9(8)16-3-2-11/h4-5H,3,12H2,1H3,(H,13,14). The molecule has 0 amide bonds. The van der Waals surface area contributed by atoms with Gasteiger partial charge < -0.3 is 20.3 Å². The third kappa shape index (κ3) is 2.33. The lowest BCUT2D eigenvalue weighted by molar-refractivity contribution is 0.0697. The molecular weight excluding hydrogens is 212 g/mol. The van der Waals surface area contributed by atoms with Gasteiger partial charge in [0.25, 0.3) is 0 Å². The van der Waals surface area contributed by atoms with Gasteiger partial charge in [0, 0.05) is 12.1 Å². The fourth-order valence-electron chi connectivity index (χ4n) is 1.14. The second-order valence-electron chi connectivity index (χ2n) is 2.84. The number of anilines is 1. The lowest BCUT2D eigenvalue weighted by Gasteiger charge is -2.10. The van der Waals surface area contributed by atoms with E-state index in [0.29, 0.717) is 0 Å². The number of methoxy groups -OCH3 is 1. The van der Waals surface area contributed by atoms with Gasteiger partial charge in [-0.05, 0) is 0 Å². The van der Waals surface area contributed by atoms with Crippen molar-refractivity contribution in [2.75, 3.05) is 19.5 Å². The Bertz CT molecular complexity index is 451. The zero-order valence-electron chi connectivity index (χ0n) is 8.56. The van der Waals surface area contributed by atoms with Crippen molar-refractivity contribution in [2.24, 2.45) is 0 Å². The van der Waals surface area contributed by atoms with Gasteiger partial charge in [-0.1, -0.05) is 0 Å². The molecule has 0 aromatic heterocycles. The van der Waals surface area contributed by atoms with Crippen LogP contribution in [0.2, 0.25) is 0 Å². The van der Waals surface area contributed by atoms with Crippen LogP contribution in [0.4, 0.5) is 5.69 Å². The quantitative estimate of drug-likeness (QED) is 0.732. The number of nitriles is 1. The molecule has 16 heavy (non-hydrogen) atoms. The van der Waals surface area contributed by atoms with E-state index in [1.165, 1.54) is 19.2 Å². The number of aromatic carboxylic acids is 1. The highest BCUT2D eigenvalue weighted by Gasteiger charge is 2.14. The molecule has 0 heterocycles. The maximum absolute atomic E-state index is 10.8. The first-order valence-corrected chi connectivity index (χ1v) is 4.30. The predicted molar refractivity (Wildman–Crippen MR) is 55.5 cm³/mol. The highest BCUT2D eigenvalue weighted by Crippen LogP contribution is 2.32. The zero-order chi connectivity index (χ0) is 12.1. The molecule has 0 aliphatic heterocycles. The smallest absolute Gasteiger partial charge is 0.337 e. The lowest BCUT2D eigenvalue weighted by Crippen LogP contribution is -2.05. The lowest BCUT2D eigenvalue weighted by atomic mass is 10.1. The minimum atomic E-state index is -1.16. The van der Waals surface area contributed by atoms with E-state index >= 15 is 0 Å². The first-order chi connectivity index (χ1) is 7.60.